The summed E-state index contributed by atoms with van der Waals surface area (Å²) in [6.45, 7) is 7.19. The maximum absolute atomic E-state index is 11.6. The van der Waals surface area contributed by atoms with Crippen molar-refractivity contribution in [2.45, 2.75) is 33.1 Å². The minimum Gasteiger partial charge on any atom is -0.493 e. The number of hydrogen-bond acceptors (Lipinski definition) is 4. The number of guanidine groups is 1. The van der Waals surface area contributed by atoms with Gasteiger partial charge in [-0.15, -0.1) is 24.0 Å². The Morgan fingerprint density at radius 1 is 1.19 bits per heavy atom. The molecule has 3 N–H and O–H groups in total. The molecule has 0 fully saturated rings. The van der Waals surface area contributed by atoms with Crippen LogP contribution in [0.2, 0.25) is 0 Å². The van der Waals surface area contributed by atoms with Gasteiger partial charge in [-0.25, -0.2) is 0 Å². The molecule has 0 aliphatic heterocycles. The number of anilines is 1. The van der Waals surface area contributed by atoms with Crippen LogP contribution in [0.4, 0.5) is 5.69 Å². The van der Waals surface area contributed by atoms with Crippen LogP contribution in [0.3, 0.4) is 0 Å². The monoisotopic (exact) mass is 492 g/mol. The molecule has 0 heterocycles. The Labute approximate surface area is 179 Å². The van der Waals surface area contributed by atoms with E-state index in [4.69, 9.17) is 9.47 Å². The summed E-state index contributed by atoms with van der Waals surface area (Å²) in [7, 11) is 1.68. The van der Waals surface area contributed by atoms with Crippen molar-refractivity contribution in [2.75, 3.05) is 45.3 Å². The van der Waals surface area contributed by atoms with Crippen LogP contribution < -0.4 is 20.7 Å². The smallest absolute Gasteiger partial charge is 0.221 e. The van der Waals surface area contributed by atoms with Crippen LogP contribution in [-0.2, 0) is 9.53 Å². The normalized spacial score (nSPS) is 10.7. The molecule has 0 bridgehead atoms. The molecule has 0 saturated carbocycles. The van der Waals surface area contributed by atoms with Crippen LogP contribution in [0.5, 0.6) is 5.75 Å². The summed E-state index contributed by atoms with van der Waals surface area (Å²) in [6.07, 6.45) is 2.15. The fourth-order valence-electron chi connectivity index (χ4n) is 2.12. The molecule has 1 amide bonds. The topological polar surface area (TPSA) is 84.0 Å². The lowest BCUT2D eigenvalue weighted by Gasteiger charge is -2.13. The van der Waals surface area contributed by atoms with Crippen molar-refractivity contribution >= 4 is 41.5 Å². The molecule has 0 unspecified atom stereocenters. The van der Waals surface area contributed by atoms with Crippen molar-refractivity contribution in [1.29, 1.82) is 0 Å². The van der Waals surface area contributed by atoms with E-state index in [1.165, 1.54) is 0 Å². The average Bonchev–Trinajstić information content (AvgIpc) is 2.64. The van der Waals surface area contributed by atoms with E-state index in [2.05, 4.69) is 20.9 Å². The van der Waals surface area contributed by atoms with Gasteiger partial charge in [0.2, 0.25) is 5.91 Å². The Balaban J connectivity index is 0.00000676. The third kappa shape index (κ3) is 12.5. The van der Waals surface area contributed by atoms with E-state index < -0.39 is 0 Å². The Kier molecular flexibility index (Phi) is 15.7. The molecule has 0 aromatic heterocycles. The molecule has 27 heavy (non-hydrogen) atoms. The van der Waals surface area contributed by atoms with Crippen LogP contribution in [-0.4, -0.2) is 51.8 Å². The maximum Gasteiger partial charge on any atom is 0.221 e. The zero-order valence-electron chi connectivity index (χ0n) is 16.5. The Bertz CT molecular complexity index is 556. The van der Waals surface area contributed by atoms with Gasteiger partial charge in [-0.3, -0.25) is 9.79 Å². The molecule has 0 aliphatic rings. The third-order valence-corrected chi connectivity index (χ3v) is 3.38. The number of carbonyl (C=O) groups is 1. The van der Waals surface area contributed by atoms with Gasteiger partial charge in [-0.2, -0.15) is 0 Å². The highest BCUT2D eigenvalue weighted by Gasteiger charge is 2.03. The molecule has 1 rings (SSSR count). The molecule has 0 radical (unpaired) electrons. The van der Waals surface area contributed by atoms with Crippen LogP contribution in [0.25, 0.3) is 0 Å². The molecule has 8 heteroatoms. The van der Waals surface area contributed by atoms with Gasteiger partial charge in [-0.05, 0) is 25.5 Å². The summed E-state index contributed by atoms with van der Waals surface area (Å²) in [5.41, 5.74) is 0.879. The number of nitrogens with zero attached hydrogens (tertiary/aromatic N) is 1. The van der Waals surface area contributed by atoms with E-state index in [0.29, 0.717) is 38.7 Å². The fourth-order valence-corrected chi connectivity index (χ4v) is 2.12. The van der Waals surface area contributed by atoms with E-state index in [1.54, 1.807) is 7.11 Å². The van der Waals surface area contributed by atoms with Crippen molar-refractivity contribution in [1.82, 2.24) is 10.6 Å². The Morgan fingerprint density at radius 3 is 2.70 bits per heavy atom. The minimum atomic E-state index is 0. The highest BCUT2D eigenvalue weighted by Crippen LogP contribution is 2.17. The second-order valence-corrected chi connectivity index (χ2v) is 5.71. The van der Waals surface area contributed by atoms with Crippen LogP contribution in [0, 0.1) is 0 Å². The van der Waals surface area contributed by atoms with Gasteiger partial charge < -0.3 is 25.4 Å². The predicted octanol–water partition coefficient (Wildman–Crippen LogP) is 3.01. The van der Waals surface area contributed by atoms with Crippen LogP contribution >= 0.6 is 24.0 Å². The van der Waals surface area contributed by atoms with Gasteiger partial charge in [0.15, 0.2) is 5.96 Å². The molecule has 7 nitrogen and oxygen atoms in total. The molecule has 0 aliphatic carbocycles. The van der Waals surface area contributed by atoms with Gasteiger partial charge in [0.25, 0.3) is 0 Å². The maximum atomic E-state index is 11.6. The van der Waals surface area contributed by atoms with Gasteiger partial charge in [-0.1, -0.05) is 13.0 Å². The highest BCUT2D eigenvalue weighted by atomic mass is 127. The van der Waals surface area contributed by atoms with Gasteiger partial charge in [0.05, 0.1) is 13.2 Å². The van der Waals surface area contributed by atoms with Crippen molar-refractivity contribution in [2.24, 2.45) is 4.99 Å². The van der Waals surface area contributed by atoms with E-state index in [0.717, 1.165) is 30.8 Å². The fraction of sp³-hybridized carbons (Fsp3) is 0.579. The second-order valence-electron chi connectivity index (χ2n) is 5.71. The lowest BCUT2D eigenvalue weighted by Crippen LogP contribution is -2.31. The summed E-state index contributed by atoms with van der Waals surface area (Å²) < 4.78 is 10.7. The molecule has 154 valence electrons. The molecule has 0 atom stereocenters. The molecular weight excluding hydrogens is 459 g/mol. The standard InChI is InChI=1S/C19H32N4O3.HI/c1-4-11-21-18(24)10-12-22-19(20-5-2)23-16-8-6-9-17(15-16)26-14-7-13-25-3;/h6,8-9,15H,4-5,7,10-14H2,1-3H3,(H,21,24)(H2,20,22,23);1H. The Morgan fingerprint density at radius 2 is 2.00 bits per heavy atom. The first-order valence-corrected chi connectivity index (χ1v) is 9.23. The zero-order valence-corrected chi connectivity index (χ0v) is 18.9. The molecular formula is C19H33IN4O3. The van der Waals surface area contributed by atoms with Crippen LogP contribution in [0.1, 0.15) is 33.1 Å². The molecule has 1 aromatic carbocycles. The summed E-state index contributed by atoms with van der Waals surface area (Å²) in [4.78, 5) is 16.1. The number of benzene rings is 1. The van der Waals surface area contributed by atoms with Crippen molar-refractivity contribution in [3.05, 3.63) is 24.3 Å². The van der Waals surface area contributed by atoms with Crippen molar-refractivity contribution in [3.8, 4) is 5.75 Å². The summed E-state index contributed by atoms with van der Waals surface area (Å²) >= 11 is 0. The quantitative estimate of drug-likeness (QED) is 0.181. The summed E-state index contributed by atoms with van der Waals surface area (Å²) in [6, 6.07) is 7.71. The number of rotatable bonds is 12. The van der Waals surface area contributed by atoms with E-state index in [9.17, 15) is 4.79 Å². The first-order chi connectivity index (χ1) is 12.7. The third-order valence-electron chi connectivity index (χ3n) is 3.38. The van der Waals surface area contributed by atoms with E-state index >= 15 is 0 Å². The van der Waals surface area contributed by atoms with Gasteiger partial charge >= 0.3 is 0 Å². The molecule has 0 saturated heterocycles. The number of nitrogens with one attached hydrogen (secondary N) is 3. The second kappa shape index (κ2) is 16.6. The number of carbonyl (C=O) groups excluding carboxylic acids is 1. The first-order valence-electron chi connectivity index (χ1n) is 9.23. The summed E-state index contributed by atoms with van der Waals surface area (Å²) in [5, 5.41) is 9.27. The number of hydrogen-bond donors (Lipinski definition) is 3. The number of ether oxygens (including phenoxy) is 2. The van der Waals surface area contributed by atoms with E-state index in [1.807, 2.05) is 38.1 Å². The average molecular weight is 492 g/mol. The van der Waals surface area contributed by atoms with Crippen LogP contribution in [0.15, 0.2) is 29.3 Å². The lowest BCUT2D eigenvalue weighted by atomic mass is 10.3. The summed E-state index contributed by atoms with van der Waals surface area (Å²) in [5.74, 6) is 1.46. The first kappa shape index (κ1) is 25.4. The molecule has 1 aromatic rings. The van der Waals surface area contributed by atoms with Gasteiger partial charge in [0, 0.05) is 51.4 Å². The number of methoxy groups -OCH3 is 1. The predicted molar refractivity (Wildman–Crippen MR) is 121 cm³/mol. The SMILES string of the molecule is CCCNC(=O)CCN=C(NCC)Nc1cccc(OCCCOC)c1.I. The van der Waals surface area contributed by atoms with Gasteiger partial charge in [0.1, 0.15) is 5.75 Å². The van der Waals surface area contributed by atoms with E-state index in [-0.39, 0.29) is 29.9 Å². The Hall–Kier alpha value is -1.55. The lowest BCUT2D eigenvalue weighted by molar-refractivity contribution is -0.120. The molecule has 0 spiro atoms. The number of aliphatic imine (C=N–C) groups is 1. The zero-order chi connectivity index (χ0) is 19.0. The minimum absolute atomic E-state index is 0. The number of halogens is 1. The van der Waals surface area contributed by atoms with Crippen molar-refractivity contribution < 1.29 is 14.3 Å². The largest absolute Gasteiger partial charge is 0.493 e. The highest BCUT2D eigenvalue weighted by molar-refractivity contribution is 14.0. The number of amides is 1. The van der Waals surface area contributed by atoms with Crippen molar-refractivity contribution in [3.63, 3.8) is 0 Å².